The highest BCUT2D eigenvalue weighted by atomic mass is 16.5. The molecule has 0 saturated carbocycles. The van der Waals surface area contributed by atoms with Crippen LogP contribution in [0.3, 0.4) is 0 Å². The zero-order chi connectivity index (χ0) is 13.2. The second kappa shape index (κ2) is 8.12. The molecule has 18 heavy (non-hydrogen) atoms. The molecule has 0 atom stereocenters. The summed E-state index contributed by atoms with van der Waals surface area (Å²) in [6.45, 7) is 5.56. The Morgan fingerprint density at radius 1 is 1.17 bits per heavy atom. The molecule has 1 aromatic rings. The molecule has 0 amide bonds. The number of nitrogens with zero attached hydrogens (tertiary/aromatic N) is 3. The predicted molar refractivity (Wildman–Crippen MR) is 68.7 cm³/mol. The Bertz CT molecular complexity index is 404. The lowest BCUT2D eigenvalue weighted by molar-refractivity contribution is 0.274. The molecule has 1 rings (SSSR count). The van der Waals surface area contributed by atoms with Gasteiger partial charge in [-0.15, -0.1) is 17.3 Å². The van der Waals surface area contributed by atoms with Crippen LogP contribution in [0.5, 0.6) is 12.0 Å². The number of terminal acetylenes is 1. The molecular formula is C12H18N4O2. The summed E-state index contributed by atoms with van der Waals surface area (Å²) < 4.78 is 10.6. The summed E-state index contributed by atoms with van der Waals surface area (Å²) in [6.07, 6.45) is 6.63. The topological polar surface area (TPSA) is 69.2 Å². The van der Waals surface area contributed by atoms with E-state index in [1.165, 1.54) is 0 Å². The number of aromatic nitrogens is 3. The van der Waals surface area contributed by atoms with Crippen molar-refractivity contribution in [1.82, 2.24) is 15.0 Å². The average Bonchev–Trinajstić information content (AvgIpc) is 2.37. The third-order valence-electron chi connectivity index (χ3n) is 1.88. The van der Waals surface area contributed by atoms with Gasteiger partial charge in [0.15, 0.2) is 0 Å². The quantitative estimate of drug-likeness (QED) is 0.557. The summed E-state index contributed by atoms with van der Waals surface area (Å²) in [6, 6.07) is 0.476. The van der Waals surface area contributed by atoms with Crippen LogP contribution in [0.2, 0.25) is 0 Å². The number of nitrogens with one attached hydrogen (secondary N) is 1. The molecule has 0 bridgehead atoms. The van der Waals surface area contributed by atoms with Crippen LogP contribution in [0.25, 0.3) is 0 Å². The first kappa shape index (κ1) is 14.0. The number of hydrogen-bond donors (Lipinski definition) is 1. The molecule has 1 heterocycles. The summed E-state index contributed by atoms with van der Waals surface area (Å²) in [5, 5.41) is 3.06. The summed E-state index contributed by atoms with van der Waals surface area (Å²) in [7, 11) is 0. The highest BCUT2D eigenvalue weighted by molar-refractivity contribution is 5.27. The van der Waals surface area contributed by atoms with Crippen LogP contribution >= 0.6 is 0 Å². The molecule has 1 aromatic heterocycles. The van der Waals surface area contributed by atoms with E-state index in [1.807, 2.05) is 6.92 Å². The number of ether oxygens (including phenoxy) is 2. The van der Waals surface area contributed by atoms with E-state index in [1.54, 1.807) is 0 Å². The SMILES string of the molecule is C#CCCOc1nc(NCCC)nc(OCC)n1. The van der Waals surface area contributed by atoms with Crippen molar-refractivity contribution in [3.8, 4) is 24.4 Å². The van der Waals surface area contributed by atoms with Gasteiger partial charge in [0, 0.05) is 13.0 Å². The minimum Gasteiger partial charge on any atom is -0.464 e. The van der Waals surface area contributed by atoms with Gasteiger partial charge in [-0.1, -0.05) is 6.92 Å². The van der Waals surface area contributed by atoms with Crippen LogP contribution in [0.15, 0.2) is 0 Å². The summed E-state index contributed by atoms with van der Waals surface area (Å²) >= 11 is 0. The zero-order valence-corrected chi connectivity index (χ0v) is 10.8. The van der Waals surface area contributed by atoms with E-state index in [0.717, 1.165) is 13.0 Å². The van der Waals surface area contributed by atoms with Crippen molar-refractivity contribution in [2.45, 2.75) is 26.7 Å². The van der Waals surface area contributed by atoms with Gasteiger partial charge in [-0.05, 0) is 13.3 Å². The van der Waals surface area contributed by atoms with Crippen molar-refractivity contribution in [2.24, 2.45) is 0 Å². The molecule has 0 fully saturated rings. The molecule has 0 aromatic carbocycles. The van der Waals surface area contributed by atoms with Crippen molar-refractivity contribution in [1.29, 1.82) is 0 Å². The highest BCUT2D eigenvalue weighted by Crippen LogP contribution is 2.13. The highest BCUT2D eigenvalue weighted by Gasteiger charge is 2.07. The van der Waals surface area contributed by atoms with E-state index < -0.39 is 0 Å². The minimum absolute atomic E-state index is 0.224. The maximum atomic E-state index is 5.33. The van der Waals surface area contributed by atoms with Gasteiger partial charge in [-0.2, -0.15) is 9.97 Å². The molecule has 0 spiro atoms. The van der Waals surface area contributed by atoms with Gasteiger partial charge in [0.2, 0.25) is 5.95 Å². The van der Waals surface area contributed by atoms with Crippen LogP contribution in [-0.2, 0) is 0 Å². The summed E-state index contributed by atoms with van der Waals surface area (Å²) in [5.74, 6) is 2.93. The molecule has 0 unspecified atom stereocenters. The summed E-state index contributed by atoms with van der Waals surface area (Å²) in [5.41, 5.74) is 0. The van der Waals surface area contributed by atoms with Crippen LogP contribution in [0.1, 0.15) is 26.7 Å². The van der Waals surface area contributed by atoms with Crippen molar-refractivity contribution in [3.63, 3.8) is 0 Å². The third kappa shape index (κ3) is 4.87. The maximum Gasteiger partial charge on any atom is 0.324 e. The van der Waals surface area contributed by atoms with Crippen LogP contribution in [0.4, 0.5) is 5.95 Å². The Morgan fingerprint density at radius 3 is 2.50 bits per heavy atom. The van der Waals surface area contributed by atoms with E-state index >= 15 is 0 Å². The smallest absolute Gasteiger partial charge is 0.324 e. The first-order chi connectivity index (χ1) is 8.80. The Labute approximate surface area is 107 Å². The van der Waals surface area contributed by atoms with Crippen LogP contribution < -0.4 is 14.8 Å². The molecule has 0 aliphatic heterocycles. The van der Waals surface area contributed by atoms with E-state index in [0.29, 0.717) is 25.6 Å². The monoisotopic (exact) mass is 250 g/mol. The molecule has 0 saturated heterocycles. The normalized spacial score (nSPS) is 9.61. The molecular weight excluding hydrogens is 232 g/mol. The lowest BCUT2D eigenvalue weighted by Gasteiger charge is -2.08. The van der Waals surface area contributed by atoms with E-state index in [4.69, 9.17) is 15.9 Å². The summed E-state index contributed by atoms with van der Waals surface area (Å²) in [4.78, 5) is 12.3. The fourth-order valence-electron chi connectivity index (χ4n) is 1.11. The van der Waals surface area contributed by atoms with E-state index in [2.05, 4.69) is 33.1 Å². The molecule has 6 heteroatoms. The Hall–Kier alpha value is -2.03. The zero-order valence-electron chi connectivity index (χ0n) is 10.8. The Morgan fingerprint density at radius 2 is 1.89 bits per heavy atom. The molecule has 1 N–H and O–H groups in total. The standard InChI is InChI=1S/C12H18N4O2/c1-4-7-9-18-12-15-10(13-8-5-2)14-11(16-12)17-6-3/h1H,5-9H2,2-3H3,(H,13,14,15,16). The first-order valence-corrected chi connectivity index (χ1v) is 5.99. The number of anilines is 1. The molecule has 98 valence electrons. The van der Waals surface area contributed by atoms with E-state index in [-0.39, 0.29) is 12.0 Å². The van der Waals surface area contributed by atoms with Crippen LogP contribution in [0, 0.1) is 12.3 Å². The maximum absolute atomic E-state index is 5.33. The molecule has 0 aliphatic rings. The lowest BCUT2D eigenvalue weighted by atomic mass is 10.5. The van der Waals surface area contributed by atoms with Crippen LogP contribution in [-0.4, -0.2) is 34.7 Å². The first-order valence-electron chi connectivity index (χ1n) is 5.99. The van der Waals surface area contributed by atoms with Gasteiger partial charge < -0.3 is 14.8 Å². The fourth-order valence-corrected chi connectivity index (χ4v) is 1.11. The largest absolute Gasteiger partial charge is 0.464 e. The molecule has 6 nitrogen and oxygen atoms in total. The van der Waals surface area contributed by atoms with Crippen molar-refractivity contribution in [3.05, 3.63) is 0 Å². The second-order valence-electron chi connectivity index (χ2n) is 3.39. The van der Waals surface area contributed by atoms with Crippen molar-refractivity contribution in [2.75, 3.05) is 25.1 Å². The van der Waals surface area contributed by atoms with Crippen molar-refractivity contribution >= 4 is 5.95 Å². The Kier molecular flexibility index (Phi) is 6.33. The number of rotatable bonds is 8. The second-order valence-corrected chi connectivity index (χ2v) is 3.39. The average molecular weight is 250 g/mol. The van der Waals surface area contributed by atoms with Gasteiger partial charge in [-0.3, -0.25) is 0 Å². The third-order valence-corrected chi connectivity index (χ3v) is 1.88. The van der Waals surface area contributed by atoms with Crippen molar-refractivity contribution < 1.29 is 9.47 Å². The van der Waals surface area contributed by atoms with Gasteiger partial charge in [0.1, 0.15) is 6.61 Å². The number of hydrogen-bond acceptors (Lipinski definition) is 6. The fraction of sp³-hybridized carbons (Fsp3) is 0.583. The molecule has 0 aliphatic carbocycles. The van der Waals surface area contributed by atoms with Gasteiger partial charge in [-0.25, -0.2) is 0 Å². The minimum atomic E-state index is 0.224. The predicted octanol–water partition coefficient (Wildman–Crippen LogP) is 1.49. The lowest BCUT2D eigenvalue weighted by Crippen LogP contribution is -2.10. The van der Waals surface area contributed by atoms with E-state index in [9.17, 15) is 0 Å². The molecule has 0 radical (unpaired) electrons. The Balaban J connectivity index is 2.74. The van der Waals surface area contributed by atoms with Gasteiger partial charge in [0.05, 0.1) is 6.61 Å². The van der Waals surface area contributed by atoms with Gasteiger partial charge in [0.25, 0.3) is 0 Å². The van der Waals surface area contributed by atoms with Gasteiger partial charge >= 0.3 is 12.0 Å².